The number of aliphatic carboxylic acids is 1. The van der Waals surface area contributed by atoms with Crippen LogP contribution in [0.1, 0.15) is 11.1 Å². The Kier molecular flexibility index (Phi) is 5.14. The van der Waals surface area contributed by atoms with Crippen LogP contribution >= 0.6 is 0 Å². The molecule has 7 nitrogen and oxygen atoms in total. The summed E-state index contributed by atoms with van der Waals surface area (Å²) in [5, 5.41) is 28.3. The van der Waals surface area contributed by atoms with Crippen molar-refractivity contribution in [2.24, 2.45) is 0 Å². The van der Waals surface area contributed by atoms with Gasteiger partial charge in [-0.25, -0.2) is 9.59 Å². The number of hydrogen-bond donors (Lipinski definition) is 4. The van der Waals surface area contributed by atoms with Gasteiger partial charge in [-0.3, -0.25) is 0 Å². The third-order valence-corrected chi connectivity index (χ3v) is 3.22. The summed E-state index contributed by atoms with van der Waals surface area (Å²) in [5.41, 5.74) is 1.05. The lowest BCUT2D eigenvalue weighted by Crippen LogP contribution is -2.42. The molecule has 0 bridgehead atoms. The van der Waals surface area contributed by atoms with E-state index < -0.39 is 23.9 Å². The number of carbonyl (C=O) groups excluding carboxylic acids is 1. The Morgan fingerprint density at radius 2 is 1.79 bits per heavy atom. The Morgan fingerprint density at radius 3 is 2.42 bits per heavy atom. The average molecular weight is 332 g/mol. The highest BCUT2D eigenvalue weighted by Crippen LogP contribution is 2.25. The van der Waals surface area contributed by atoms with Gasteiger partial charge in [0.15, 0.2) is 12.9 Å². The maximum Gasteiger partial charge on any atom is 0.408 e. The van der Waals surface area contributed by atoms with Crippen LogP contribution in [-0.4, -0.2) is 33.4 Å². The summed E-state index contributed by atoms with van der Waals surface area (Å²) < 4.78 is 12.7. The number of aromatic hydroxyl groups is 2. The number of phenols is 2. The van der Waals surface area contributed by atoms with E-state index in [9.17, 15) is 24.9 Å². The van der Waals surface area contributed by atoms with Crippen molar-refractivity contribution in [3.63, 3.8) is 0 Å². The molecule has 0 fully saturated rings. The van der Waals surface area contributed by atoms with E-state index in [1.165, 1.54) is 18.2 Å². The molecular weight excluding hydrogens is 314 g/mol. The highest BCUT2D eigenvalue weighted by Gasteiger charge is 2.21. The first-order valence-corrected chi connectivity index (χ1v) is 7.11. The minimum atomic E-state index is -1.51. The normalized spacial score (nSPS) is 12.1. The number of ether oxygens (including phenoxy) is 1. The Hall–Kier alpha value is -3.22. The molecule has 0 aliphatic heterocycles. The van der Waals surface area contributed by atoms with Crippen LogP contribution < -0.4 is 5.31 Å². The highest BCUT2D eigenvalue weighted by atomic mass is 16.5. The molecule has 0 aromatic heterocycles. The van der Waals surface area contributed by atoms with E-state index in [4.69, 9.17) is 6.15 Å². The summed E-state index contributed by atoms with van der Waals surface area (Å²) >= 11 is 0. The van der Waals surface area contributed by atoms with Crippen LogP contribution in [0, 0.1) is 0 Å². The van der Waals surface area contributed by atoms with Gasteiger partial charge in [0.05, 0.1) is 0 Å². The number of phenolic OH excluding ortho intramolecular Hbond substituents is 2. The fourth-order valence-corrected chi connectivity index (χ4v) is 1.99. The molecule has 126 valence electrons. The van der Waals surface area contributed by atoms with Gasteiger partial charge in [-0.15, -0.1) is 0 Å². The summed E-state index contributed by atoms with van der Waals surface area (Å²) in [5.74, 6) is -2.15. The van der Waals surface area contributed by atoms with Crippen molar-refractivity contribution in [3.8, 4) is 11.5 Å². The molecular formula is C17H17NO6. The molecule has 24 heavy (non-hydrogen) atoms. The van der Waals surface area contributed by atoms with Gasteiger partial charge in [-0.2, -0.15) is 0 Å². The standard InChI is InChI=1S/C17H17NO6/c19-14-7-6-12(9-15(14)20)8-13(16(21)22)18-17(23)24-10-11-4-2-1-3-5-11/h1-7,9,13,19-20H,8,10H2,(H,18,23)(H,21,22)/t13-/m0/s1/i/hD. The third kappa shape index (κ3) is 4.91. The van der Waals surface area contributed by atoms with Crippen LogP contribution in [0.2, 0.25) is 1.41 Å². The predicted octanol–water partition coefficient (Wildman–Crippen LogP) is 2.02. The van der Waals surface area contributed by atoms with Gasteiger partial charge in [0.1, 0.15) is 12.6 Å². The first-order chi connectivity index (χ1) is 11.9. The number of benzene rings is 2. The molecule has 2 aromatic carbocycles. The van der Waals surface area contributed by atoms with E-state index >= 15 is 0 Å². The zero-order valence-electron chi connectivity index (χ0n) is 13.6. The zero-order chi connectivity index (χ0) is 18.4. The number of rotatable bonds is 6. The number of hydrogen-bond acceptors (Lipinski definition) is 5. The lowest BCUT2D eigenvalue weighted by atomic mass is 10.1. The largest absolute Gasteiger partial charge is 0.504 e. The van der Waals surface area contributed by atoms with Gasteiger partial charge in [-0.1, -0.05) is 36.4 Å². The second-order valence-corrected chi connectivity index (χ2v) is 5.05. The van der Waals surface area contributed by atoms with Crippen molar-refractivity contribution in [2.45, 2.75) is 19.1 Å². The molecule has 0 spiro atoms. The van der Waals surface area contributed by atoms with E-state index in [-0.39, 0.29) is 24.1 Å². The number of carboxylic acids is 1. The maximum atomic E-state index is 11.9. The smallest absolute Gasteiger partial charge is 0.408 e. The van der Waals surface area contributed by atoms with E-state index in [1.54, 1.807) is 30.3 Å². The molecule has 0 aliphatic rings. The van der Waals surface area contributed by atoms with E-state index in [0.29, 0.717) is 11.1 Å². The quantitative estimate of drug-likeness (QED) is 0.601. The Balaban J connectivity index is 2.03. The van der Waals surface area contributed by atoms with Crippen LogP contribution in [0.25, 0.3) is 0 Å². The molecule has 0 saturated heterocycles. The number of alkyl carbamates (subject to hydrolysis) is 1. The summed E-state index contributed by atoms with van der Waals surface area (Å²) in [7, 11) is 0. The van der Waals surface area contributed by atoms with E-state index in [1.807, 2.05) is 0 Å². The summed E-state index contributed by atoms with van der Waals surface area (Å²) in [6.07, 6.45) is -1.33. The monoisotopic (exact) mass is 332 g/mol. The van der Waals surface area contributed by atoms with Crippen molar-refractivity contribution in [3.05, 3.63) is 59.7 Å². The van der Waals surface area contributed by atoms with Crippen LogP contribution in [0.3, 0.4) is 0 Å². The second kappa shape index (κ2) is 7.87. The first kappa shape index (κ1) is 15.7. The van der Waals surface area contributed by atoms with Crippen molar-refractivity contribution in [1.82, 2.24) is 5.31 Å². The van der Waals surface area contributed by atoms with Crippen molar-refractivity contribution >= 4 is 12.1 Å². The zero-order valence-corrected chi connectivity index (χ0v) is 12.6. The van der Waals surface area contributed by atoms with Gasteiger partial charge in [0.2, 0.25) is 0 Å². The topological polar surface area (TPSA) is 116 Å². The molecule has 1 amide bonds. The highest BCUT2D eigenvalue weighted by molar-refractivity contribution is 5.80. The lowest BCUT2D eigenvalue weighted by Gasteiger charge is -2.15. The fraction of sp³-hybridized carbons (Fsp3) is 0.176. The molecule has 1 atom stereocenters. The van der Waals surface area contributed by atoms with Crippen LogP contribution in [0.15, 0.2) is 48.5 Å². The van der Waals surface area contributed by atoms with Gasteiger partial charge < -0.3 is 25.4 Å². The SMILES string of the molecule is [2H]N(C(=O)OCc1ccccc1)[C@@H](Cc1ccc(O)c(O)c1)C(=O)O. The molecule has 4 N–H and O–H groups in total. The molecule has 0 saturated carbocycles. The third-order valence-electron chi connectivity index (χ3n) is 3.22. The number of amides is 1. The van der Waals surface area contributed by atoms with Crippen molar-refractivity contribution in [1.29, 1.82) is 0 Å². The van der Waals surface area contributed by atoms with Crippen LogP contribution in [0.4, 0.5) is 4.79 Å². The lowest BCUT2D eigenvalue weighted by molar-refractivity contribution is -0.139. The minimum absolute atomic E-state index is 0.0820. The Labute approximate surface area is 139 Å². The summed E-state index contributed by atoms with van der Waals surface area (Å²) in [6.45, 7) is -0.0820. The predicted molar refractivity (Wildman–Crippen MR) is 84.7 cm³/mol. The average Bonchev–Trinajstić information content (AvgIpc) is 2.60. The van der Waals surface area contributed by atoms with Gasteiger partial charge in [-0.05, 0) is 23.3 Å². The molecule has 0 unspecified atom stereocenters. The number of carboxylic acid groups (broad SMARTS) is 1. The molecule has 0 heterocycles. The number of carbonyl (C=O) groups is 2. The van der Waals surface area contributed by atoms with Gasteiger partial charge >= 0.3 is 12.1 Å². The molecule has 0 radical (unpaired) electrons. The first-order valence-electron chi connectivity index (χ1n) is 7.55. The summed E-state index contributed by atoms with van der Waals surface area (Å²) in [4.78, 5) is 23.3. The maximum absolute atomic E-state index is 11.9. The molecule has 2 aromatic rings. The molecule has 7 heteroatoms. The van der Waals surface area contributed by atoms with Crippen molar-refractivity contribution < 1.29 is 31.1 Å². The fourth-order valence-electron chi connectivity index (χ4n) is 1.99. The van der Waals surface area contributed by atoms with Crippen LogP contribution in [0.5, 0.6) is 11.5 Å². The Morgan fingerprint density at radius 1 is 1.08 bits per heavy atom. The van der Waals surface area contributed by atoms with Crippen molar-refractivity contribution in [2.75, 3.05) is 0 Å². The van der Waals surface area contributed by atoms with Gasteiger partial charge in [0.25, 0.3) is 0 Å². The molecule has 2 rings (SSSR count). The van der Waals surface area contributed by atoms with E-state index in [0.717, 1.165) is 0 Å². The van der Waals surface area contributed by atoms with E-state index in [2.05, 4.69) is 0 Å². The number of nitrogens with one attached hydrogen (secondary N) is 1. The Bertz CT molecular complexity index is 752. The van der Waals surface area contributed by atoms with Crippen LogP contribution in [-0.2, 0) is 22.6 Å². The second-order valence-electron chi connectivity index (χ2n) is 5.05. The summed E-state index contributed by atoms with van der Waals surface area (Å²) in [6, 6.07) is 11.1. The molecule has 0 aliphatic carbocycles. The van der Waals surface area contributed by atoms with Gasteiger partial charge in [0, 0.05) is 6.42 Å². The minimum Gasteiger partial charge on any atom is -0.504 e.